The van der Waals surface area contributed by atoms with Crippen molar-refractivity contribution in [2.24, 2.45) is 0 Å². The standard InChI is InChI=1S/C21H18N2O6S/c1-22(17-7-3-2-4-8-17)30(27,28)20-10-6-5-9-19(20)21(24)29-15-16-11-13-18(14-12-16)23(25)26/h2-14H,15H2,1H3. The number of non-ortho nitro benzene ring substituents is 1. The van der Waals surface area contributed by atoms with Gasteiger partial charge in [-0.1, -0.05) is 30.3 Å². The molecular weight excluding hydrogens is 408 g/mol. The molecule has 0 saturated heterocycles. The maximum Gasteiger partial charge on any atom is 0.339 e. The molecule has 0 radical (unpaired) electrons. The van der Waals surface area contributed by atoms with Crippen molar-refractivity contribution >= 4 is 27.4 Å². The Balaban J connectivity index is 1.82. The molecule has 8 nitrogen and oxygen atoms in total. The highest BCUT2D eigenvalue weighted by molar-refractivity contribution is 7.92. The van der Waals surface area contributed by atoms with Crippen LogP contribution in [0.2, 0.25) is 0 Å². The van der Waals surface area contributed by atoms with Gasteiger partial charge in [-0.2, -0.15) is 0 Å². The second-order valence-electron chi connectivity index (χ2n) is 6.30. The van der Waals surface area contributed by atoms with Gasteiger partial charge in [-0.15, -0.1) is 0 Å². The molecule has 154 valence electrons. The average molecular weight is 426 g/mol. The van der Waals surface area contributed by atoms with E-state index in [4.69, 9.17) is 4.74 Å². The van der Waals surface area contributed by atoms with Crippen LogP contribution in [0.3, 0.4) is 0 Å². The summed E-state index contributed by atoms with van der Waals surface area (Å²) in [6.45, 7) is -0.153. The van der Waals surface area contributed by atoms with E-state index in [1.165, 1.54) is 49.5 Å². The molecule has 0 aliphatic heterocycles. The second-order valence-corrected chi connectivity index (χ2v) is 8.24. The first-order chi connectivity index (χ1) is 14.3. The molecule has 0 unspecified atom stereocenters. The summed E-state index contributed by atoms with van der Waals surface area (Å²) in [6.07, 6.45) is 0. The number of carbonyl (C=O) groups excluding carboxylic acids is 1. The minimum Gasteiger partial charge on any atom is -0.457 e. The molecule has 0 aliphatic rings. The van der Waals surface area contributed by atoms with Crippen molar-refractivity contribution in [1.82, 2.24) is 0 Å². The summed E-state index contributed by atoms with van der Waals surface area (Å²) in [7, 11) is -2.60. The highest BCUT2D eigenvalue weighted by atomic mass is 32.2. The number of sulfonamides is 1. The fourth-order valence-corrected chi connectivity index (χ4v) is 4.10. The van der Waals surface area contributed by atoms with Crippen molar-refractivity contribution in [3.05, 3.63) is 100 Å². The molecule has 30 heavy (non-hydrogen) atoms. The van der Waals surface area contributed by atoms with Crippen molar-refractivity contribution in [1.29, 1.82) is 0 Å². The Hall–Kier alpha value is -3.72. The van der Waals surface area contributed by atoms with Crippen LogP contribution in [0.4, 0.5) is 11.4 Å². The number of benzene rings is 3. The van der Waals surface area contributed by atoms with Gasteiger partial charge in [-0.05, 0) is 42.0 Å². The van der Waals surface area contributed by atoms with E-state index in [9.17, 15) is 23.3 Å². The lowest BCUT2D eigenvalue weighted by molar-refractivity contribution is -0.384. The third-order valence-corrected chi connectivity index (χ3v) is 6.23. The lowest BCUT2D eigenvalue weighted by atomic mass is 10.2. The highest BCUT2D eigenvalue weighted by Crippen LogP contribution is 2.25. The van der Waals surface area contributed by atoms with Crippen LogP contribution in [-0.4, -0.2) is 26.4 Å². The van der Waals surface area contributed by atoms with E-state index >= 15 is 0 Å². The van der Waals surface area contributed by atoms with Crippen LogP contribution in [0.15, 0.2) is 83.8 Å². The van der Waals surface area contributed by atoms with E-state index in [1.54, 1.807) is 36.4 Å². The topological polar surface area (TPSA) is 107 Å². The molecule has 9 heteroatoms. The lowest BCUT2D eigenvalue weighted by Gasteiger charge is -2.20. The Morgan fingerprint density at radius 1 is 0.967 bits per heavy atom. The zero-order valence-electron chi connectivity index (χ0n) is 16.0. The first-order valence-corrected chi connectivity index (χ1v) is 10.3. The third kappa shape index (κ3) is 4.47. The number of hydrogen-bond acceptors (Lipinski definition) is 6. The summed E-state index contributed by atoms with van der Waals surface area (Å²) in [6, 6.07) is 19.8. The van der Waals surface area contributed by atoms with Crippen LogP contribution in [0.5, 0.6) is 0 Å². The Kier molecular flexibility index (Phi) is 6.12. The fraction of sp³-hybridized carbons (Fsp3) is 0.0952. The molecule has 0 bridgehead atoms. The van der Waals surface area contributed by atoms with Crippen molar-refractivity contribution in [2.75, 3.05) is 11.4 Å². The zero-order valence-corrected chi connectivity index (χ0v) is 16.8. The Labute approximate surface area is 173 Å². The van der Waals surface area contributed by atoms with Gasteiger partial charge in [0.1, 0.15) is 11.5 Å². The summed E-state index contributed by atoms with van der Waals surface area (Å²) < 4.78 is 32.5. The molecule has 3 rings (SSSR count). The van der Waals surface area contributed by atoms with Crippen LogP contribution in [0.1, 0.15) is 15.9 Å². The number of esters is 1. The number of nitro groups is 1. The maximum absolute atomic E-state index is 13.1. The number of ether oxygens (including phenoxy) is 1. The fourth-order valence-electron chi connectivity index (χ4n) is 2.72. The molecule has 0 atom stereocenters. The van der Waals surface area contributed by atoms with Crippen molar-refractivity contribution in [2.45, 2.75) is 11.5 Å². The molecule has 0 N–H and O–H groups in total. The van der Waals surface area contributed by atoms with Crippen LogP contribution in [0, 0.1) is 10.1 Å². The monoisotopic (exact) mass is 426 g/mol. The molecular formula is C21H18N2O6S. The van der Waals surface area contributed by atoms with Gasteiger partial charge in [0, 0.05) is 19.2 Å². The predicted molar refractivity (Wildman–Crippen MR) is 111 cm³/mol. The number of hydrogen-bond donors (Lipinski definition) is 0. The van der Waals surface area contributed by atoms with Gasteiger partial charge >= 0.3 is 5.97 Å². The van der Waals surface area contributed by atoms with Gasteiger partial charge in [0.15, 0.2) is 0 Å². The number of rotatable bonds is 7. The molecule has 0 saturated carbocycles. The molecule has 3 aromatic carbocycles. The van der Waals surface area contributed by atoms with Gasteiger partial charge in [-0.25, -0.2) is 13.2 Å². The van der Waals surface area contributed by atoms with Crippen molar-refractivity contribution < 1.29 is 22.9 Å². The zero-order chi connectivity index (χ0) is 21.7. The minimum absolute atomic E-state index is 0.0783. The third-order valence-electron chi connectivity index (χ3n) is 4.38. The Bertz CT molecular complexity index is 1160. The molecule has 0 aromatic heterocycles. The molecule has 0 aliphatic carbocycles. The van der Waals surface area contributed by atoms with Gasteiger partial charge < -0.3 is 4.74 Å². The van der Waals surface area contributed by atoms with Gasteiger partial charge in [0.2, 0.25) is 0 Å². The van der Waals surface area contributed by atoms with Crippen LogP contribution in [-0.2, 0) is 21.4 Å². The largest absolute Gasteiger partial charge is 0.457 e. The SMILES string of the molecule is CN(c1ccccc1)S(=O)(=O)c1ccccc1C(=O)OCc1ccc([N+](=O)[O-])cc1. The summed E-state index contributed by atoms with van der Waals surface area (Å²) in [5.74, 6) is -0.811. The van der Waals surface area contributed by atoms with Crippen molar-refractivity contribution in [3.8, 4) is 0 Å². The van der Waals surface area contributed by atoms with E-state index in [2.05, 4.69) is 0 Å². The van der Waals surface area contributed by atoms with E-state index in [-0.39, 0.29) is 22.8 Å². The number of anilines is 1. The molecule has 3 aromatic rings. The van der Waals surface area contributed by atoms with Crippen molar-refractivity contribution in [3.63, 3.8) is 0 Å². The lowest BCUT2D eigenvalue weighted by Crippen LogP contribution is -2.28. The highest BCUT2D eigenvalue weighted by Gasteiger charge is 2.27. The first-order valence-electron chi connectivity index (χ1n) is 8.84. The molecule has 0 fully saturated rings. The molecule has 0 amide bonds. The Morgan fingerprint density at radius 3 is 2.20 bits per heavy atom. The van der Waals surface area contributed by atoms with Gasteiger partial charge in [-0.3, -0.25) is 14.4 Å². The first kappa shape index (κ1) is 21.0. The average Bonchev–Trinajstić information content (AvgIpc) is 2.77. The summed E-state index contributed by atoms with van der Waals surface area (Å²) in [4.78, 5) is 22.6. The van der Waals surface area contributed by atoms with Crippen LogP contribution >= 0.6 is 0 Å². The minimum atomic E-state index is -4.01. The van der Waals surface area contributed by atoms with E-state index in [0.29, 0.717) is 11.3 Å². The Morgan fingerprint density at radius 2 is 1.57 bits per heavy atom. The number of nitrogens with zero attached hydrogens (tertiary/aromatic N) is 2. The number of nitro benzene ring substituents is 1. The van der Waals surface area contributed by atoms with Crippen LogP contribution in [0.25, 0.3) is 0 Å². The van der Waals surface area contributed by atoms with E-state index in [0.717, 1.165) is 4.31 Å². The molecule has 0 heterocycles. The van der Waals surface area contributed by atoms with Gasteiger partial charge in [0.05, 0.1) is 16.2 Å². The number of para-hydroxylation sites is 1. The summed E-state index contributed by atoms with van der Waals surface area (Å²) in [5.41, 5.74) is 0.815. The second kappa shape index (κ2) is 8.75. The summed E-state index contributed by atoms with van der Waals surface area (Å²) >= 11 is 0. The number of carbonyl (C=O) groups is 1. The molecule has 0 spiro atoms. The quantitative estimate of drug-likeness (QED) is 0.323. The smallest absolute Gasteiger partial charge is 0.339 e. The van der Waals surface area contributed by atoms with Crippen LogP contribution < -0.4 is 4.31 Å². The van der Waals surface area contributed by atoms with Gasteiger partial charge in [0.25, 0.3) is 15.7 Å². The maximum atomic E-state index is 13.1. The summed E-state index contributed by atoms with van der Waals surface area (Å²) in [5, 5.41) is 10.7. The van der Waals surface area contributed by atoms with E-state index in [1.807, 2.05) is 0 Å². The predicted octanol–water partition coefficient (Wildman–Crippen LogP) is 3.78. The van der Waals surface area contributed by atoms with E-state index < -0.39 is 20.9 Å². The normalized spacial score (nSPS) is 11.0.